The number of halogens is 4. The number of nitrogens with one attached hydrogen (secondary N) is 1. The summed E-state index contributed by atoms with van der Waals surface area (Å²) in [7, 11) is 0. The number of hydrogen-bond acceptors (Lipinski definition) is 3. The van der Waals surface area contributed by atoms with Gasteiger partial charge in [-0.15, -0.1) is 0 Å². The predicted octanol–water partition coefficient (Wildman–Crippen LogP) is 3.41. The highest BCUT2D eigenvalue weighted by Crippen LogP contribution is 2.40. The molecule has 1 aliphatic carbocycles. The van der Waals surface area contributed by atoms with E-state index in [1.807, 2.05) is 0 Å². The fourth-order valence-electron chi connectivity index (χ4n) is 3.42. The summed E-state index contributed by atoms with van der Waals surface area (Å²) in [6.45, 7) is 0. The van der Waals surface area contributed by atoms with E-state index < -0.39 is 35.5 Å². The Morgan fingerprint density at radius 2 is 1.81 bits per heavy atom. The van der Waals surface area contributed by atoms with E-state index in [1.54, 1.807) is 0 Å². The van der Waals surface area contributed by atoms with E-state index in [4.69, 9.17) is 5.21 Å². The molecule has 1 aromatic carbocycles. The number of carbonyl (C=O) groups is 1. The van der Waals surface area contributed by atoms with Crippen molar-refractivity contribution < 1.29 is 32.7 Å². The Labute approximate surface area is 149 Å². The number of carbonyl (C=O) groups excluding carboxylic acids is 1. The molecule has 0 bridgehead atoms. The van der Waals surface area contributed by atoms with Crippen molar-refractivity contribution in [1.29, 1.82) is 0 Å². The number of alkyl halides is 2. The molecule has 1 radical (unpaired) electrons. The lowest BCUT2D eigenvalue weighted by Gasteiger charge is -2.33. The molecule has 0 saturated heterocycles. The summed E-state index contributed by atoms with van der Waals surface area (Å²) in [6.07, 6.45) is -0.133. The van der Waals surface area contributed by atoms with Gasteiger partial charge < -0.3 is 5.11 Å². The summed E-state index contributed by atoms with van der Waals surface area (Å²) in [5, 5.41) is 19.0. The molecule has 1 saturated carbocycles. The van der Waals surface area contributed by atoms with Gasteiger partial charge in [-0.1, -0.05) is 0 Å². The smallest absolute Gasteiger partial charge is 0.248 e. The van der Waals surface area contributed by atoms with Gasteiger partial charge in [-0.05, 0) is 55.7 Å². The van der Waals surface area contributed by atoms with Gasteiger partial charge in [-0.2, -0.15) is 0 Å². The van der Waals surface area contributed by atoms with Crippen molar-refractivity contribution in [2.75, 3.05) is 0 Å². The minimum atomic E-state index is -2.75. The Kier molecular flexibility index (Phi) is 7.00. The van der Waals surface area contributed by atoms with Gasteiger partial charge in [0.2, 0.25) is 11.8 Å². The van der Waals surface area contributed by atoms with Gasteiger partial charge in [0.05, 0.1) is 6.10 Å². The number of aliphatic hydroxyl groups is 1. The van der Waals surface area contributed by atoms with Crippen LogP contribution in [-0.2, 0) is 11.2 Å². The Bertz CT molecular complexity index is 596. The van der Waals surface area contributed by atoms with Crippen molar-refractivity contribution in [2.24, 2.45) is 11.8 Å². The van der Waals surface area contributed by atoms with Gasteiger partial charge in [-0.3, -0.25) is 10.0 Å². The summed E-state index contributed by atoms with van der Waals surface area (Å²) in [4.78, 5) is 11.9. The maximum absolute atomic E-state index is 13.3. The first-order valence-electron chi connectivity index (χ1n) is 8.48. The molecule has 8 heteroatoms. The van der Waals surface area contributed by atoms with Crippen LogP contribution in [-0.4, -0.2) is 28.2 Å². The largest absolute Gasteiger partial charge is 0.393 e. The standard InChI is InChI=1S/C18H22F4NO3/c19-13-7-11(8-14(20)9-13)1-2-15(24)10-16(17(25)23-26)12-3-5-18(21,22)6-4-12/h2,7-9,12,15-16,24,26H,1,3-6,10H2,(H,23,25). The molecule has 4 nitrogen and oxygen atoms in total. The summed E-state index contributed by atoms with van der Waals surface area (Å²) in [5.74, 6) is -6.15. The molecule has 3 N–H and O–H groups in total. The lowest BCUT2D eigenvalue weighted by atomic mass is 9.75. The fourth-order valence-corrected chi connectivity index (χ4v) is 3.42. The molecular formula is C18H22F4NO3. The normalized spacial score (nSPS) is 19.8. The number of hydroxylamine groups is 1. The second-order valence-electron chi connectivity index (χ2n) is 6.80. The molecule has 0 spiro atoms. The molecule has 1 aliphatic rings. The first-order chi connectivity index (χ1) is 12.2. The molecule has 2 unspecified atom stereocenters. The average molecular weight is 376 g/mol. The molecule has 145 valence electrons. The fraction of sp³-hybridized carbons (Fsp3) is 0.556. The number of amides is 1. The Balaban J connectivity index is 1.93. The SMILES string of the molecule is O=C(NO)C(CC(O)[CH]Cc1cc(F)cc(F)c1)C1CCC(F)(F)CC1. The second-order valence-corrected chi connectivity index (χ2v) is 6.80. The van der Waals surface area contributed by atoms with E-state index in [1.165, 1.54) is 11.9 Å². The van der Waals surface area contributed by atoms with E-state index in [0.29, 0.717) is 5.56 Å². The van der Waals surface area contributed by atoms with Gasteiger partial charge in [0.1, 0.15) is 11.6 Å². The van der Waals surface area contributed by atoms with Crippen LogP contribution >= 0.6 is 0 Å². The molecule has 1 aromatic rings. The topological polar surface area (TPSA) is 69.6 Å². The van der Waals surface area contributed by atoms with E-state index >= 15 is 0 Å². The third-order valence-corrected chi connectivity index (χ3v) is 4.82. The molecule has 2 atom stereocenters. The van der Waals surface area contributed by atoms with Gasteiger partial charge in [0.15, 0.2) is 0 Å². The quantitative estimate of drug-likeness (QED) is 0.388. The van der Waals surface area contributed by atoms with Gasteiger partial charge in [0.25, 0.3) is 0 Å². The van der Waals surface area contributed by atoms with E-state index in [-0.39, 0.29) is 44.4 Å². The van der Waals surface area contributed by atoms with Crippen LogP contribution in [0.4, 0.5) is 17.6 Å². The van der Waals surface area contributed by atoms with Crippen molar-refractivity contribution in [1.82, 2.24) is 5.48 Å². The minimum absolute atomic E-state index is 0.0690. The molecule has 0 heterocycles. The molecule has 1 amide bonds. The average Bonchev–Trinajstić information content (AvgIpc) is 2.57. The Morgan fingerprint density at radius 1 is 1.23 bits per heavy atom. The zero-order valence-electron chi connectivity index (χ0n) is 14.1. The zero-order chi connectivity index (χ0) is 19.3. The van der Waals surface area contributed by atoms with Crippen LogP contribution < -0.4 is 5.48 Å². The van der Waals surface area contributed by atoms with Crippen LogP contribution in [0.3, 0.4) is 0 Å². The molecule has 0 aromatic heterocycles. The zero-order valence-corrected chi connectivity index (χ0v) is 14.1. The predicted molar refractivity (Wildman–Crippen MR) is 85.3 cm³/mol. The summed E-state index contributed by atoms with van der Waals surface area (Å²) in [5.41, 5.74) is 1.85. The van der Waals surface area contributed by atoms with E-state index in [0.717, 1.165) is 18.2 Å². The first-order valence-corrected chi connectivity index (χ1v) is 8.48. The van der Waals surface area contributed by atoms with E-state index in [9.17, 15) is 27.5 Å². The molecule has 26 heavy (non-hydrogen) atoms. The van der Waals surface area contributed by atoms with Crippen LogP contribution in [0.2, 0.25) is 0 Å². The van der Waals surface area contributed by atoms with Gasteiger partial charge in [0, 0.05) is 24.8 Å². The van der Waals surface area contributed by atoms with Crippen LogP contribution in [0.25, 0.3) is 0 Å². The van der Waals surface area contributed by atoms with Crippen molar-refractivity contribution in [2.45, 2.75) is 50.6 Å². The van der Waals surface area contributed by atoms with Crippen LogP contribution in [0.15, 0.2) is 18.2 Å². The highest BCUT2D eigenvalue weighted by Gasteiger charge is 2.40. The molecule has 1 fully saturated rings. The first kappa shape index (κ1) is 20.6. The minimum Gasteiger partial charge on any atom is -0.393 e. The van der Waals surface area contributed by atoms with Crippen LogP contribution in [0, 0.1) is 29.9 Å². The number of benzene rings is 1. The molecule has 2 rings (SSSR count). The van der Waals surface area contributed by atoms with Crippen molar-refractivity contribution in [3.63, 3.8) is 0 Å². The second kappa shape index (κ2) is 8.81. The van der Waals surface area contributed by atoms with Crippen LogP contribution in [0.1, 0.15) is 37.7 Å². The number of aliphatic hydroxyl groups excluding tert-OH is 1. The van der Waals surface area contributed by atoms with Crippen molar-refractivity contribution in [3.8, 4) is 0 Å². The summed E-state index contributed by atoms with van der Waals surface area (Å²) < 4.78 is 52.9. The Hall–Kier alpha value is -1.67. The van der Waals surface area contributed by atoms with Crippen molar-refractivity contribution >= 4 is 5.91 Å². The van der Waals surface area contributed by atoms with Crippen molar-refractivity contribution in [3.05, 3.63) is 41.8 Å². The number of rotatable bonds is 7. The lowest BCUT2D eigenvalue weighted by Crippen LogP contribution is -2.38. The lowest BCUT2D eigenvalue weighted by molar-refractivity contribution is -0.138. The maximum atomic E-state index is 13.3. The maximum Gasteiger partial charge on any atom is 0.248 e. The van der Waals surface area contributed by atoms with Gasteiger partial charge in [-0.25, -0.2) is 23.0 Å². The molecular weight excluding hydrogens is 354 g/mol. The van der Waals surface area contributed by atoms with Gasteiger partial charge >= 0.3 is 0 Å². The third-order valence-electron chi connectivity index (χ3n) is 4.82. The molecule has 0 aliphatic heterocycles. The summed E-state index contributed by atoms with van der Waals surface area (Å²) >= 11 is 0. The van der Waals surface area contributed by atoms with Crippen LogP contribution in [0.5, 0.6) is 0 Å². The third kappa shape index (κ3) is 5.95. The van der Waals surface area contributed by atoms with E-state index in [2.05, 4.69) is 0 Å². The highest BCUT2D eigenvalue weighted by atomic mass is 19.3. The monoisotopic (exact) mass is 376 g/mol. The number of hydrogen-bond donors (Lipinski definition) is 3. The summed E-state index contributed by atoms with van der Waals surface area (Å²) in [6, 6.07) is 3.00. The highest BCUT2D eigenvalue weighted by molar-refractivity contribution is 5.77. The Morgan fingerprint density at radius 3 is 2.35 bits per heavy atom.